The number of carbonyl (C=O) groups is 4. The maximum Gasteiger partial charge on any atom is 0.528 e. The predicted molar refractivity (Wildman–Crippen MR) is 130 cm³/mol. The standard InChI is InChI=1S/C26H37N3O7/c1-18(24(32)34-17-19-11-6-5-7-12-19)27-22(30)20-13-8-9-15-28(20)23(31)21-14-10-16-29(21)36-25(33)35-26(2,3)4/h5-7,11-12,18,20-21H,8-10,13-17H2,1-4H3,(H,27,30)/t18-,20-,21-/m0/s1. The molecule has 2 aliphatic heterocycles. The second-order valence-corrected chi connectivity index (χ2v) is 10.2. The molecular formula is C26H37N3O7. The van der Waals surface area contributed by atoms with Crippen molar-refractivity contribution in [1.29, 1.82) is 0 Å². The quantitative estimate of drug-likeness (QED) is 0.565. The second kappa shape index (κ2) is 12.2. The third-order valence-corrected chi connectivity index (χ3v) is 6.09. The van der Waals surface area contributed by atoms with E-state index in [1.165, 1.54) is 5.06 Å². The van der Waals surface area contributed by atoms with Crippen LogP contribution in [0.5, 0.6) is 0 Å². The van der Waals surface area contributed by atoms with Crippen LogP contribution >= 0.6 is 0 Å². The molecule has 10 nitrogen and oxygen atoms in total. The molecule has 1 aromatic carbocycles. The molecule has 0 saturated carbocycles. The van der Waals surface area contributed by atoms with Gasteiger partial charge in [0.1, 0.15) is 30.3 Å². The minimum Gasteiger partial charge on any atom is -0.459 e. The van der Waals surface area contributed by atoms with Crippen LogP contribution < -0.4 is 5.32 Å². The van der Waals surface area contributed by atoms with Crippen LogP contribution in [0.4, 0.5) is 4.79 Å². The molecule has 2 amide bonds. The highest BCUT2D eigenvalue weighted by atomic mass is 16.8. The minimum absolute atomic E-state index is 0.114. The first-order valence-corrected chi connectivity index (χ1v) is 12.5. The third kappa shape index (κ3) is 7.68. The van der Waals surface area contributed by atoms with E-state index in [9.17, 15) is 19.2 Å². The molecule has 1 aromatic rings. The Balaban J connectivity index is 1.58. The molecule has 0 bridgehead atoms. The monoisotopic (exact) mass is 503 g/mol. The van der Waals surface area contributed by atoms with Crippen LogP contribution in [0.1, 0.15) is 65.4 Å². The van der Waals surface area contributed by atoms with Gasteiger partial charge < -0.3 is 24.5 Å². The fourth-order valence-electron chi connectivity index (χ4n) is 4.34. The molecule has 2 fully saturated rings. The Labute approximate surface area is 212 Å². The molecule has 198 valence electrons. The molecule has 2 saturated heterocycles. The number of hydrogen-bond donors (Lipinski definition) is 1. The summed E-state index contributed by atoms with van der Waals surface area (Å²) < 4.78 is 10.5. The van der Waals surface area contributed by atoms with Crippen LogP contribution in [0.3, 0.4) is 0 Å². The van der Waals surface area contributed by atoms with Crippen LogP contribution in [-0.4, -0.2) is 70.7 Å². The average molecular weight is 504 g/mol. The second-order valence-electron chi connectivity index (χ2n) is 10.2. The van der Waals surface area contributed by atoms with Crippen molar-refractivity contribution in [3.63, 3.8) is 0 Å². The third-order valence-electron chi connectivity index (χ3n) is 6.09. The molecule has 10 heteroatoms. The summed E-state index contributed by atoms with van der Waals surface area (Å²) in [4.78, 5) is 58.0. The molecule has 0 aliphatic carbocycles. The lowest BCUT2D eigenvalue weighted by molar-refractivity contribution is -0.172. The lowest BCUT2D eigenvalue weighted by atomic mass is 9.99. The molecular weight excluding hydrogens is 466 g/mol. The number of nitrogens with one attached hydrogen (secondary N) is 1. The van der Waals surface area contributed by atoms with E-state index in [1.807, 2.05) is 30.3 Å². The number of rotatable bonds is 7. The number of amides is 2. The number of nitrogens with zero attached hydrogens (tertiary/aromatic N) is 2. The van der Waals surface area contributed by atoms with Crippen molar-refractivity contribution < 1.29 is 33.5 Å². The Morgan fingerprint density at radius 2 is 1.69 bits per heavy atom. The number of ether oxygens (including phenoxy) is 2. The Kier molecular flexibility index (Phi) is 9.31. The number of hydrogen-bond acceptors (Lipinski definition) is 8. The van der Waals surface area contributed by atoms with Gasteiger partial charge in [-0.25, -0.2) is 9.59 Å². The highest BCUT2D eigenvalue weighted by Crippen LogP contribution is 2.25. The predicted octanol–water partition coefficient (Wildman–Crippen LogP) is 2.95. The number of likely N-dealkylation sites (tertiary alicyclic amines) is 1. The van der Waals surface area contributed by atoms with Crippen LogP contribution in [0.2, 0.25) is 0 Å². The van der Waals surface area contributed by atoms with Crippen LogP contribution in [0, 0.1) is 0 Å². The summed E-state index contributed by atoms with van der Waals surface area (Å²) in [6.07, 6.45) is 2.37. The summed E-state index contributed by atoms with van der Waals surface area (Å²) in [6, 6.07) is 7.03. The molecule has 1 N–H and O–H groups in total. The fourth-order valence-corrected chi connectivity index (χ4v) is 4.34. The lowest BCUT2D eigenvalue weighted by Gasteiger charge is -2.37. The van der Waals surface area contributed by atoms with Crippen molar-refractivity contribution in [3.8, 4) is 0 Å². The molecule has 2 heterocycles. The zero-order valence-electron chi connectivity index (χ0n) is 21.5. The van der Waals surface area contributed by atoms with E-state index in [0.29, 0.717) is 32.4 Å². The number of benzene rings is 1. The van der Waals surface area contributed by atoms with Gasteiger partial charge in [-0.3, -0.25) is 9.59 Å². The molecule has 0 aromatic heterocycles. The van der Waals surface area contributed by atoms with E-state index in [2.05, 4.69) is 5.32 Å². The summed E-state index contributed by atoms with van der Waals surface area (Å²) >= 11 is 0. The van der Waals surface area contributed by atoms with Gasteiger partial charge in [-0.15, -0.1) is 5.06 Å². The van der Waals surface area contributed by atoms with E-state index in [1.54, 1.807) is 32.6 Å². The smallest absolute Gasteiger partial charge is 0.459 e. The maximum absolute atomic E-state index is 13.5. The van der Waals surface area contributed by atoms with Crippen molar-refractivity contribution in [3.05, 3.63) is 35.9 Å². The van der Waals surface area contributed by atoms with Crippen molar-refractivity contribution >= 4 is 23.9 Å². The molecule has 0 unspecified atom stereocenters. The zero-order chi connectivity index (χ0) is 26.3. The maximum atomic E-state index is 13.5. The molecule has 3 atom stereocenters. The summed E-state index contributed by atoms with van der Waals surface area (Å²) in [7, 11) is 0. The molecule has 36 heavy (non-hydrogen) atoms. The first kappa shape index (κ1) is 27.4. The van der Waals surface area contributed by atoms with Gasteiger partial charge in [0.25, 0.3) is 0 Å². The highest BCUT2D eigenvalue weighted by Gasteiger charge is 2.42. The van der Waals surface area contributed by atoms with Crippen molar-refractivity contribution in [2.24, 2.45) is 0 Å². The van der Waals surface area contributed by atoms with Gasteiger partial charge in [0.15, 0.2) is 0 Å². The number of carbonyl (C=O) groups excluding carboxylic acids is 4. The van der Waals surface area contributed by atoms with Gasteiger partial charge in [0.05, 0.1) is 0 Å². The first-order valence-electron chi connectivity index (χ1n) is 12.5. The van der Waals surface area contributed by atoms with E-state index in [4.69, 9.17) is 14.3 Å². The van der Waals surface area contributed by atoms with Crippen LogP contribution in [0.25, 0.3) is 0 Å². The number of esters is 1. The first-order chi connectivity index (χ1) is 17.0. The van der Waals surface area contributed by atoms with Crippen molar-refractivity contribution in [2.45, 2.75) is 90.1 Å². The Bertz CT molecular complexity index is 931. The normalized spacial score (nSPS) is 21.4. The Morgan fingerprint density at radius 1 is 1.00 bits per heavy atom. The highest BCUT2D eigenvalue weighted by molar-refractivity contribution is 5.92. The van der Waals surface area contributed by atoms with Gasteiger partial charge >= 0.3 is 12.1 Å². The van der Waals surface area contributed by atoms with Gasteiger partial charge in [-0.2, -0.15) is 0 Å². The summed E-state index contributed by atoms with van der Waals surface area (Å²) in [5.41, 5.74) is 0.133. The number of hydroxylamine groups is 2. The lowest BCUT2D eigenvalue weighted by Crippen LogP contribution is -2.58. The van der Waals surface area contributed by atoms with E-state index in [-0.39, 0.29) is 12.5 Å². The van der Waals surface area contributed by atoms with Crippen LogP contribution in [0.15, 0.2) is 30.3 Å². The van der Waals surface area contributed by atoms with Crippen LogP contribution in [-0.2, 0) is 35.3 Å². The van der Waals surface area contributed by atoms with Gasteiger partial charge in [0.2, 0.25) is 11.8 Å². The Hall–Kier alpha value is -3.14. The average Bonchev–Trinajstić information content (AvgIpc) is 3.29. The van der Waals surface area contributed by atoms with E-state index < -0.39 is 41.8 Å². The van der Waals surface area contributed by atoms with Gasteiger partial charge in [0, 0.05) is 13.1 Å². The molecule has 2 aliphatic rings. The van der Waals surface area contributed by atoms with Gasteiger partial charge in [-0.05, 0) is 65.4 Å². The summed E-state index contributed by atoms with van der Waals surface area (Å²) in [6.45, 7) is 7.70. The fraction of sp³-hybridized carbons (Fsp3) is 0.615. The molecule has 0 spiro atoms. The summed E-state index contributed by atoms with van der Waals surface area (Å²) in [5.74, 6) is -1.21. The Morgan fingerprint density at radius 3 is 2.39 bits per heavy atom. The van der Waals surface area contributed by atoms with Crippen molar-refractivity contribution in [2.75, 3.05) is 13.1 Å². The van der Waals surface area contributed by atoms with Crippen molar-refractivity contribution in [1.82, 2.24) is 15.3 Å². The minimum atomic E-state index is -0.863. The topological polar surface area (TPSA) is 114 Å². The summed E-state index contributed by atoms with van der Waals surface area (Å²) in [5, 5.41) is 4.05. The SMILES string of the molecule is C[C@H](NC(=O)[C@@H]1CCCCN1C(=O)[C@@H]1CCCN1OC(=O)OC(C)(C)C)C(=O)OCc1ccccc1. The van der Waals surface area contributed by atoms with E-state index in [0.717, 1.165) is 18.4 Å². The largest absolute Gasteiger partial charge is 0.528 e. The number of piperidine rings is 1. The molecule has 0 radical (unpaired) electrons. The zero-order valence-corrected chi connectivity index (χ0v) is 21.5. The van der Waals surface area contributed by atoms with Gasteiger partial charge in [-0.1, -0.05) is 30.3 Å². The van der Waals surface area contributed by atoms with E-state index >= 15 is 0 Å². The molecule has 3 rings (SSSR count).